The molecule has 3 heteroatoms. The van der Waals surface area contributed by atoms with Crippen LogP contribution in [0.5, 0.6) is 0 Å². The Hall–Kier alpha value is -1.35. The molecule has 0 saturated heterocycles. The fourth-order valence-corrected chi connectivity index (χ4v) is 1.71. The van der Waals surface area contributed by atoms with Crippen LogP contribution in [0.4, 0.5) is 0 Å². The maximum absolute atomic E-state index is 11.1. The van der Waals surface area contributed by atoms with Crippen LogP contribution in [0, 0.1) is 0 Å². The van der Waals surface area contributed by atoms with Crippen LogP contribution in [-0.4, -0.2) is 23.9 Å². The largest absolute Gasteiger partial charge is 0.368 e. The van der Waals surface area contributed by atoms with Crippen molar-refractivity contribution in [1.29, 1.82) is 0 Å². The van der Waals surface area contributed by atoms with Gasteiger partial charge in [-0.05, 0) is 19.0 Å². The van der Waals surface area contributed by atoms with E-state index in [2.05, 4.69) is 0 Å². The predicted molar refractivity (Wildman–Crippen MR) is 61.2 cm³/mol. The number of primary amides is 1. The third-order valence-electron chi connectivity index (χ3n) is 2.52. The number of likely N-dealkylation sites (N-methyl/N-ethyl adjacent to an activating group) is 1. The minimum absolute atomic E-state index is 0.176. The molecule has 0 aromatic heterocycles. The highest BCUT2D eigenvalue weighted by Crippen LogP contribution is 2.07. The Balaban J connectivity index is 2.62. The SMILES string of the molecule is CC[C@@H](C(N)=O)N(C)Cc1ccccc1. The highest BCUT2D eigenvalue weighted by Gasteiger charge is 2.17. The van der Waals surface area contributed by atoms with Crippen molar-refractivity contribution in [3.63, 3.8) is 0 Å². The Morgan fingerprint density at radius 3 is 2.47 bits per heavy atom. The minimum Gasteiger partial charge on any atom is -0.368 e. The zero-order chi connectivity index (χ0) is 11.3. The molecule has 0 unspecified atom stereocenters. The van der Waals surface area contributed by atoms with Gasteiger partial charge in [0, 0.05) is 6.54 Å². The van der Waals surface area contributed by atoms with Crippen LogP contribution in [0.3, 0.4) is 0 Å². The second-order valence-electron chi connectivity index (χ2n) is 3.73. The van der Waals surface area contributed by atoms with Gasteiger partial charge in [0.05, 0.1) is 6.04 Å². The summed E-state index contributed by atoms with van der Waals surface area (Å²) in [4.78, 5) is 13.1. The second-order valence-corrected chi connectivity index (χ2v) is 3.73. The summed E-state index contributed by atoms with van der Waals surface area (Å²) in [5, 5.41) is 0. The summed E-state index contributed by atoms with van der Waals surface area (Å²) in [5.74, 6) is -0.254. The number of carbonyl (C=O) groups is 1. The van der Waals surface area contributed by atoms with Crippen LogP contribution in [0.25, 0.3) is 0 Å². The van der Waals surface area contributed by atoms with Crippen molar-refractivity contribution in [3.05, 3.63) is 35.9 Å². The zero-order valence-corrected chi connectivity index (χ0v) is 9.31. The number of amides is 1. The van der Waals surface area contributed by atoms with E-state index in [9.17, 15) is 4.79 Å². The van der Waals surface area contributed by atoms with Crippen molar-refractivity contribution in [2.75, 3.05) is 7.05 Å². The van der Waals surface area contributed by atoms with Gasteiger partial charge in [0.15, 0.2) is 0 Å². The molecule has 3 nitrogen and oxygen atoms in total. The number of benzene rings is 1. The molecule has 0 aliphatic rings. The average Bonchev–Trinajstić information content (AvgIpc) is 2.19. The first kappa shape index (κ1) is 11.7. The standard InChI is InChI=1S/C12H18N2O/c1-3-11(12(13)15)14(2)9-10-7-5-4-6-8-10/h4-8,11H,3,9H2,1-2H3,(H2,13,15)/t11-/m0/s1. The summed E-state index contributed by atoms with van der Waals surface area (Å²) < 4.78 is 0. The van der Waals surface area contributed by atoms with Crippen LogP contribution >= 0.6 is 0 Å². The maximum Gasteiger partial charge on any atom is 0.234 e. The third kappa shape index (κ3) is 3.36. The molecule has 1 amide bonds. The van der Waals surface area contributed by atoms with Crippen LogP contribution in [-0.2, 0) is 11.3 Å². The van der Waals surface area contributed by atoms with E-state index in [-0.39, 0.29) is 11.9 Å². The van der Waals surface area contributed by atoms with E-state index in [0.29, 0.717) is 0 Å². The Morgan fingerprint density at radius 1 is 1.40 bits per heavy atom. The molecule has 0 heterocycles. The second kappa shape index (κ2) is 5.51. The van der Waals surface area contributed by atoms with Gasteiger partial charge in [-0.2, -0.15) is 0 Å². The quantitative estimate of drug-likeness (QED) is 0.791. The Labute approximate surface area is 90.9 Å². The molecular formula is C12H18N2O. The topological polar surface area (TPSA) is 46.3 Å². The van der Waals surface area contributed by atoms with Crippen LogP contribution < -0.4 is 5.73 Å². The average molecular weight is 206 g/mol. The number of hydrogen-bond acceptors (Lipinski definition) is 2. The number of carbonyl (C=O) groups excluding carboxylic acids is 1. The van der Waals surface area contributed by atoms with Crippen molar-refractivity contribution in [3.8, 4) is 0 Å². The van der Waals surface area contributed by atoms with Gasteiger partial charge < -0.3 is 5.73 Å². The normalized spacial score (nSPS) is 12.7. The van der Waals surface area contributed by atoms with Crippen molar-refractivity contribution >= 4 is 5.91 Å². The van der Waals surface area contributed by atoms with Crippen molar-refractivity contribution < 1.29 is 4.79 Å². The third-order valence-corrected chi connectivity index (χ3v) is 2.52. The molecule has 1 atom stereocenters. The van der Waals surface area contributed by atoms with E-state index in [1.54, 1.807) is 0 Å². The van der Waals surface area contributed by atoms with Crippen molar-refractivity contribution in [2.45, 2.75) is 25.9 Å². The molecule has 82 valence electrons. The summed E-state index contributed by atoms with van der Waals surface area (Å²) in [6.07, 6.45) is 0.749. The molecule has 1 aromatic rings. The van der Waals surface area contributed by atoms with Crippen LogP contribution in [0.2, 0.25) is 0 Å². The fraction of sp³-hybridized carbons (Fsp3) is 0.417. The lowest BCUT2D eigenvalue weighted by Crippen LogP contribution is -2.41. The lowest BCUT2D eigenvalue weighted by molar-refractivity contribution is -0.123. The Morgan fingerprint density at radius 2 is 2.00 bits per heavy atom. The van der Waals surface area contributed by atoms with Gasteiger partial charge in [-0.15, -0.1) is 0 Å². The molecule has 0 bridgehead atoms. The molecule has 0 radical (unpaired) electrons. The highest BCUT2D eigenvalue weighted by molar-refractivity contribution is 5.79. The molecule has 0 aliphatic heterocycles. The molecule has 0 aliphatic carbocycles. The Kier molecular flexibility index (Phi) is 4.31. The van der Waals surface area contributed by atoms with Gasteiger partial charge in [-0.3, -0.25) is 9.69 Å². The van der Waals surface area contributed by atoms with E-state index >= 15 is 0 Å². The van der Waals surface area contributed by atoms with E-state index in [4.69, 9.17) is 5.73 Å². The molecule has 1 aromatic carbocycles. The van der Waals surface area contributed by atoms with Gasteiger partial charge in [-0.25, -0.2) is 0 Å². The zero-order valence-electron chi connectivity index (χ0n) is 9.31. The smallest absolute Gasteiger partial charge is 0.234 e. The molecule has 0 fully saturated rings. The summed E-state index contributed by atoms with van der Waals surface area (Å²) in [6, 6.07) is 9.89. The first-order chi connectivity index (χ1) is 7.15. The van der Waals surface area contributed by atoms with Crippen LogP contribution in [0.1, 0.15) is 18.9 Å². The summed E-state index contributed by atoms with van der Waals surface area (Å²) in [5.41, 5.74) is 6.52. The van der Waals surface area contributed by atoms with Gasteiger partial charge >= 0.3 is 0 Å². The van der Waals surface area contributed by atoms with Crippen LogP contribution in [0.15, 0.2) is 30.3 Å². The van der Waals surface area contributed by atoms with Gasteiger partial charge in [0.2, 0.25) is 5.91 Å². The predicted octanol–water partition coefficient (Wildman–Crippen LogP) is 1.38. The lowest BCUT2D eigenvalue weighted by atomic mass is 10.1. The van der Waals surface area contributed by atoms with E-state index in [0.717, 1.165) is 13.0 Å². The molecule has 15 heavy (non-hydrogen) atoms. The number of nitrogens with two attached hydrogens (primary N) is 1. The highest BCUT2D eigenvalue weighted by atomic mass is 16.1. The first-order valence-electron chi connectivity index (χ1n) is 5.18. The number of rotatable bonds is 5. The maximum atomic E-state index is 11.1. The summed E-state index contributed by atoms with van der Waals surface area (Å²) in [7, 11) is 1.92. The van der Waals surface area contributed by atoms with Gasteiger partial charge in [0.25, 0.3) is 0 Å². The van der Waals surface area contributed by atoms with E-state index < -0.39 is 0 Å². The molecule has 0 spiro atoms. The molecule has 1 rings (SSSR count). The first-order valence-corrected chi connectivity index (χ1v) is 5.18. The number of nitrogens with zero attached hydrogens (tertiary/aromatic N) is 1. The van der Waals surface area contributed by atoms with Crippen molar-refractivity contribution in [1.82, 2.24) is 4.90 Å². The lowest BCUT2D eigenvalue weighted by Gasteiger charge is -2.24. The summed E-state index contributed by atoms with van der Waals surface area (Å²) >= 11 is 0. The van der Waals surface area contributed by atoms with E-state index in [1.807, 2.05) is 49.2 Å². The fourth-order valence-electron chi connectivity index (χ4n) is 1.71. The number of hydrogen-bond donors (Lipinski definition) is 1. The van der Waals surface area contributed by atoms with Gasteiger partial charge in [-0.1, -0.05) is 37.3 Å². The minimum atomic E-state index is -0.254. The van der Waals surface area contributed by atoms with Gasteiger partial charge in [0.1, 0.15) is 0 Å². The monoisotopic (exact) mass is 206 g/mol. The Bertz CT molecular complexity index is 311. The van der Waals surface area contributed by atoms with Crippen molar-refractivity contribution in [2.24, 2.45) is 5.73 Å². The summed E-state index contributed by atoms with van der Waals surface area (Å²) in [6.45, 7) is 2.72. The molecular weight excluding hydrogens is 188 g/mol. The molecule has 2 N–H and O–H groups in total. The molecule has 0 saturated carbocycles. The van der Waals surface area contributed by atoms with E-state index in [1.165, 1.54) is 5.56 Å².